The van der Waals surface area contributed by atoms with E-state index in [1.165, 1.54) is 0 Å². The van der Waals surface area contributed by atoms with Gasteiger partial charge in [0.15, 0.2) is 0 Å². The van der Waals surface area contributed by atoms with E-state index in [4.69, 9.17) is 0 Å². The summed E-state index contributed by atoms with van der Waals surface area (Å²) in [7, 11) is 0. The lowest BCUT2D eigenvalue weighted by Crippen LogP contribution is -2.37. The van der Waals surface area contributed by atoms with Crippen LogP contribution >= 0.6 is 15.9 Å². The van der Waals surface area contributed by atoms with Gasteiger partial charge in [-0.15, -0.1) is 0 Å². The summed E-state index contributed by atoms with van der Waals surface area (Å²) in [6.45, 7) is 7.20. The van der Waals surface area contributed by atoms with Gasteiger partial charge in [-0.05, 0) is 47.3 Å². The summed E-state index contributed by atoms with van der Waals surface area (Å²) < 4.78 is 0.993. The number of rotatable bonds is 6. The summed E-state index contributed by atoms with van der Waals surface area (Å²) in [6, 6.07) is 2.50. The van der Waals surface area contributed by atoms with Crippen molar-refractivity contribution in [1.29, 1.82) is 0 Å². The largest absolute Gasteiger partial charge is 0.395 e. The van der Waals surface area contributed by atoms with E-state index in [1.807, 2.05) is 6.20 Å². The molecule has 3 nitrogen and oxygen atoms in total. The summed E-state index contributed by atoms with van der Waals surface area (Å²) in [5, 5.41) is 9.20. The van der Waals surface area contributed by atoms with Gasteiger partial charge in [0.05, 0.1) is 6.61 Å². The van der Waals surface area contributed by atoms with Crippen LogP contribution in [0.2, 0.25) is 0 Å². The Morgan fingerprint density at radius 2 is 2.06 bits per heavy atom. The van der Waals surface area contributed by atoms with E-state index in [1.54, 1.807) is 0 Å². The highest BCUT2D eigenvalue weighted by Gasteiger charge is 2.18. The van der Waals surface area contributed by atoms with Crippen molar-refractivity contribution in [2.75, 3.05) is 18.1 Å². The molecule has 0 unspecified atom stereocenters. The molecule has 0 radical (unpaired) electrons. The molecule has 0 atom stereocenters. The number of aromatic nitrogens is 1. The van der Waals surface area contributed by atoms with Gasteiger partial charge in [0.2, 0.25) is 0 Å². The molecule has 0 aliphatic carbocycles. The highest BCUT2D eigenvalue weighted by Crippen LogP contribution is 2.24. The molecule has 1 aromatic rings. The number of hydrogen-bond donors (Lipinski definition) is 1. The molecular formula is C13H21BrN2O. The number of pyridine rings is 1. The quantitative estimate of drug-likeness (QED) is 0.877. The standard InChI is InChI=1S/C13H21BrN2O/c1-4-12(5-2)16(6-7-17)13-10(3)8-11(14)9-15-13/h8-9,12,17H,4-7H2,1-3H3. The Hall–Kier alpha value is -0.610. The van der Waals surface area contributed by atoms with Crippen LogP contribution in [0, 0.1) is 6.92 Å². The zero-order valence-electron chi connectivity index (χ0n) is 10.8. The van der Waals surface area contributed by atoms with E-state index in [0.29, 0.717) is 12.6 Å². The molecule has 1 aromatic heterocycles. The molecule has 0 aliphatic heterocycles. The Bertz CT molecular complexity index is 353. The van der Waals surface area contributed by atoms with Gasteiger partial charge in [0.25, 0.3) is 0 Å². The van der Waals surface area contributed by atoms with Crippen molar-refractivity contribution < 1.29 is 5.11 Å². The maximum Gasteiger partial charge on any atom is 0.131 e. The van der Waals surface area contributed by atoms with Crippen LogP contribution in [0.4, 0.5) is 5.82 Å². The molecule has 96 valence electrons. The molecule has 4 heteroatoms. The SMILES string of the molecule is CCC(CC)N(CCO)c1ncc(Br)cc1C. The first-order valence-corrected chi connectivity index (χ1v) is 6.92. The predicted octanol–water partition coefficient (Wildman–Crippen LogP) is 3.14. The van der Waals surface area contributed by atoms with Gasteiger partial charge < -0.3 is 10.0 Å². The molecule has 1 N–H and O–H groups in total. The number of aryl methyl sites for hydroxylation is 1. The third-order valence-electron chi connectivity index (χ3n) is 3.01. The summed E-state index contributed by atoms with van der Waals surface area (Å²) in [5.74, 6) is 0.982. The molecule has 0 fully saturated rings. The zero-order valence-corrected chi connectivity index (χ0v) is 12.4. The van der Waals surface area contributed by atoms with Crippen molar-refractivity contribution in [2.24, 2.45) is 0 Å². The van der Waals surface area contributed by atoms with E-state index >= 15 is 0 Å². The monoisotopic (exact) mass is 300 g/mol. The molecule has 1 heterocycles. The number of aliphatic hydroxyl groups is 1. The first-order chi connectivity index (χ1) is 8.13. The Labute approximate surface area is 112 Å². The van der Waals surface area contributed by atoms with Crippen molar-refractivity contribution in [3.05, 3.63) is 22.3 Å². The van der Waals surface area contributed by atoms with Crippen molar-refractivity contribution in [2.45, 2.75) is 39.7 Å². The first-order valence-electron chi connectivity index (χ1n) is 6.13. The predicted molar refractivity (Wildman–Crippen MR) is 75.5 cm³/mol. The first kappa shape index (κ1) is 14.5. The molecule has 0 aliphatic rings. The molecule has 1 rings (SSSR count). The normalized spacial score (nSPS) is 10.9. The highest BCUT2D eigenvalue weighted by molar-refractivity contribution is 9.10. The highest BCUT2D eigenvalue weighted by atomic mass is 79.9. The summed E-state index contributed by atoms with van der Waals surface area (Å²) in [4.78, 5) is 6.69. The Morgan fingerprint density at radius 1 is 1.41 bits per heavy atom. The fraction of sp³-hybridized carbons (Fsp3) is 0.615. The third kappa shape index (κ3) is 3.68. The van der Waals surface area contributed by atoms with E-state index in [2.05, 4.69) is 52.7 Å². The molecular weight excluding hydrogens is 280 g/mol. The lowest BCUT2D eigenvalue weighted by molar-refractivity contribution is 0.295. The Kier molecular flexibility index (Phi) is 5.92. The number of halogens is 1. The average Bonchev–Trinajstić information content (AvgIpc) is 2.30. The van der Waals surface area contributed by atoms with Gasteiger partial charge in [-0.3, -0.25) is 0 Å². The minimum Gasteiger partial charge on any atom is -0.395 e. The summed E-state index contributed by atoms with van der Waals surface area (Å²) in [6.07, 6.45) is 3.94. The second kappa shape index (κ2) is 6.97. The van der Waals surface area contributed by atoms with Crippen LogP contribution in [0.3, 0.4) is 0 Å². The second-order valence-corrected chi connectivity index (χ2v) is 5.10. The lowest BCUT2D eigenvalue weighted by Gasteiger charge is -2.32. The molecule has 0 saturated carbocycles. The minimum atomic E-state index is 0.160. The van der Waals surface area contributed by atoms with Crippen LogP contribution in [0.15, 0.2) is 16.7 Å². The van der Waals surface area contributed by atoms with E-state index in [0.717, 1.165) is 28.7 Å². The van der Waals surface area contributed by atoms with Gasteiger partial charge in [0, 0.05) is 23.3 Å². The van der Waals surface area contributed by atoms with Crippen molar-refractivity contribution in [1.82, 2.24) is 4.98 Å². The van der Waals surface area contributed by atoms with Crippen LogP contribution in [0.5, 0.6) is 0 Å². The van der Waals surface area contributed by atoms with Gasteiger partial charge in [-0.2, -0.15) is 0 Å². The molecule has 0 amide bonds. The number of nitrogens with zero attached hydrogens (tertiary/aromatic N) is 2. The number of hydrogen-bond acceptors (Lipinski definition) is 3. The Balaban J connectivity index is 3.03. The van der Waals surface area contributed by atoms with Gasteiger partial charge in [-0.25, -0.2) is 4.98 Å². The summed E-state index contributed by atoms with van der Waals surface area (Å²) >= 11 is 3.43. The third-order valence-corrected chi connectivity index (χ3v) is 3.45. The Morgan fingerprint density at radius 3 is 2.53 bits per heavy atom. The lowest BCUT2D eigenvalue weighted by atomic mass is 10.1. The van der Waals surface area contributed by atoms with Crippen LogP contribution < -0.4 is 4.90 Å². The molecule has 0 spiro atoms. The molecule has 17 heavy (non-hydrogen) atoms. The van der Waals surface area contributed by atoms with Crippen LogP contribution in [0.25, 0.3) is 0 Å². The van der Waals surface area contributed by atoms with Crippen molar-refractivity contribution in [3.63, 3.8) is 0 Å². The van der Waals surface area contributed by atoms with Gasteiger partial charge >= 0.3 is 0 Å². The number of aliphatic hydroxyl groups excluding tert-OH is 1. The topological polar surface area (TPSA) is 36.4 Å². The molecule has 0 saturated heterocycles. The maximum absolute atomic E-state index is 9.20. The summed E-state index contributed by atoms with van der Waals surface area (Å²) in [5.41, 5.74) is 1.14. The van der Waals surface area contributed by atoms with Crippen LogP contribution in [0.1, 0.15) is 32.3 Å². The van der Waals surface area contributed by atoms with E-state index in [9.17, 15) is 5.11 Å². The second-order valence-electron chi connectivity index (χ2n) is 4.18. The maximum atomic E-state index is 9.20. The van der Waals surface area contributed by atoms with E-state index in [-0.39, 0.29) is 6.61 Å². The molecule has 0 bridgehead atoms. The zero-order chi connectivity index (χ0) is 12.8. The van der Waals surface area contributed by atoms with Crippen molar-refractivity contribution >= 4 is 21.7 Å². The van der Waals surface area contributed by atoms with Crippen molar-refractivity contribution in [3.8, 4) is 0 Å². The van der Waals surface area contributed by atoms with E-state index < -0.39 is 0 Å². The fourth-order valence-corrected chi connectivity index (χ4v) is 2.58. The minimum absolute atomic E-state index is 0.160. The smallest absolute Gasteiger partial charge is 0.131 e. The average molecular weight is 301 g/mol. The fourth-order valence-electron chi connectivity index (χ4n) is 2.13. The van der Waals surface area contributed by atoms with Crippen LogP contribution in [-0.2, 0) is 0 Å². The molecule has 0 aromatic carbocycles. The van der Waals surface area contributed by atoms with Gasteiger partial charge in [-0.1, -0.05) is 13.8 Å². The number of anilines is 1. The van der Waals surface area contributed by atoms with Crippen LogP contribution in [-0.4, -0.2) is 29.3 Å². The van der Waals surface area contributed by atoms with Gasteiger partial charge in [0.1, 0.15) is 5.82 Å².